The number of fused-ring (bicyclic) bond motifs is 1. The Morgan fingerprint density at radius 2 is 1.74 bits per heavy atom. The van der Waals surface area contributed by atoms with Gasteiger partial charge in [0.15, 0.2) is 0 Å². The van der Waals surface area contributed by atoms with E-state index in [9.17, 15) is 22.8 Å². The molecule has 0 N–H and O–H groups in total. The summed E-state index contributed by atoms with van der Waals surface area (Å²) in [5, 5.41) is 7.95. The standard InChI is InChI=1S/C16H10F3NO2.C8H13N3.C2H6/c17-16(18,19)14-7-10(9-21)6-12-13(14)8-20(15(12)22)11-4-2-1-3-5-11;1-6-3-7(4-6)8-10-9-5-11(8)2;1-2/h1-7,9H,8H2;5-7H,3-4H2,1-2H3;1-2H3. The van der Waals surface area contributed by atoms with Gasteiger partial charge in [-0.25, -0.2) is 0 Å². The number of carbonyl (C=O) groups is 2. The van der Waals surface area contributed by atoms with Crippen molar-refractivity contribution in [1.82, 2.24) is 14.8 Å². The Balaban J connectivity index is 0.000000220. The van der Waals surface area contributed by atoms with Crippen molar-refractivity contribution >= 4 is 17.9 Å². The molecular formula is C26H29F3N4O2. The fourth-order valence-corrected chi connectivity index (χ4v) is 4.34. The first-order valence-corrected chi connectivity index (χ1v) is 11.6. The summed E-state index contributed by atoms with van der Waals surface area (Å²) in [6, 6.07) is 10.5. The number of aryl methyl sites for hydroxylation is 1. The molecule has 0 radical (unpaired) electrons. The molecule has 0 atom stereocenters. The summed E-state index contributed by atoms with van der Waals surface area (Å²) in [5.74, 6) is 2.19. The van der Waals surface area contributed by atoms with Crippen LogP contribution in [0.1, 0.15) is 77.2 Å². The molecule has 1 aliphatic heterocycles. The minimum atomic E-state index is -4.61. The lowest BCUT2D eigenvalue weighted by Crippen LogP contribution is -2.22. The summed E-state index contributed by atoms with van der Waals surface area (Å²) >= 11 is 0. The van der Waals surface area contributed by atoms with Gasteiger partial charge in [-0.1, -0.05) is 39.0 Å². The topological polar surface area (TPSA) is 68.1 Å². The van der Waals surface area contributed by atoms with E-state index in [1.54, 1.807) is 36.7 Å². The molecule has 1 saturated carbocycles. The Labute approximate surface area is 202 Å². The zero-order valence-corrected chi connectivity index (χ0v) is 20.2. The fraction of sp³-hybridized carbons (Fsp3) is 0.385. The lowest BCUT2D eigenvalue weighted by Gasteiger charge is -2.31. The second-order valence-corrected chi connectivity index (χ2v) is 8.51. The van der Waals surface area contributed by atoms with Gasteiger partial charge >= 0.3 is 6.18 Å². The highest BCUT2D eigenvalue weighted by Crippen LogP contribution is 2.40. The van der Waals surface area contributed by atoms with Gasteiger partial charge in [0.05, 0.1) is 12.1 Å². The van der Waals surface area contributed by atoms with Gasteiger partial charge in [-0.2, -0.15) is 13.2 Å². The molecule has 0 spiro atoms. The number of halogens is 3. The lowest BCUT2D eigenvalue weighted by molar-refractivity contribution is -0.138. The Morgan fingerprint density at radius 1 is 1.09 bits per heavy atom. The quantitative estimate of drug-likeness (QED) is 0.424. The predicted octanol–water partition coefficient (Wildman–Crippen LogP) is 6.03. The van der Waals surface area contributed by atoms with E-state index in [2.05, 4.69) is 17.1 Å². The summed E-state index contributed by atoms with van der Waals surface area (Å²) in [6.45, 7) is 6.12. The van der Waals surface area contributed by atoms with Gasteiger partial charge in [0.2, 0.25) is 0 Å². The van der Waals surface area contributed by atoms with Crippen LogP contribution in [0.5, 0.6) is 0 Å². The van der Waals surface area contributed by atoms with E-state index < -0.39 is 17.6 Å². The lowest BCUT2D eigenvalue weighted by atomic mass is 9.76. The average molecular weight is 487 g/mol. The van der Waals surface area contributed by atoms with Gasteiger partial charge in [-0.3, -0.25) is 9.59 Å². The first kappa shape index (κ1) is 26.1. The summed E-state index contributed by atoms with van der Waals surface area (Å²) in [5.41, 5.74) is -0.731. The maximum atomic E-state index is 13.2. The van der Waals surface area contributed by atoms with E-state index in [1.165, 1.54) is 23.8 Å². The number of amides is 1. The van der Waals surface area contributed by atoms with Crippen LogP contribution in [-0.2, 0) is 19.8 Å². The fourth-order valence-electron chi connectivity index (χ4n) is 4.34. The van der Waals surface area contributed by atoms with Crippen LogP contribution in [-0.4, -0.2) is 27.0 Å². The Kier molecular flexibility index (Phi) is 8.09. The number of nitrogens with zero attached hydrogens (tertiary/aromatic N) is 4. The highest BCUT2D eigenvalue weighted by atomic mass is 19.4. The molecule has 35 heavy (non-hydrogen) atoms. The van der Waals surface area contributed by atoms with Gasteiger partial charge in [-0.15, -0.1) is 10.2 Å². The first-order valence-electron chi connectivity index (χ1n) is 11.6. The van der Waals surface area contributed by atoms with Crippen LogP contribution in [0.3, 0.4) is 0 Å². The Bertz CT molecular complexity index is 1170. The Morgan fingerprint density at radius 3 is 2.26 bits per heavy atom. The maximum Gasteiger partial charge on any atom is 0.416 e. The van der Waals surface area contributed by atoms with Crippen molar-refractivity contribution in [3.8, 4) is 0 Å². The van der Waals surface area contributed by atoms with Crippen LogP contribution in [0.2, 0.25) is 0 Å². The first-order chi connectivity index (χ1) is 16.7. The normalized spacial score (nSPS) is 18.5. The number of benzene rings is 2. The summed E-state index contributed by atoms with van der Waals surface area (Å²) in [6.07, 6.45) is 0.0431. The van der Waals surface area contributed by atoms with Gasteiger partial charge in [0.25, 0.3) is 5.91 Å². The molecule has 1 amide bonds. The van der Waals surface area contributed by atoms with Crippen LogP contribution >= 0.6 is 0 Å². The molecule has 1 aromatic heterocycles. The van der Waals surface area contributed by atoms with Crippen LogP contribution in [0, 0.1) is 5.92 Å². The smallest absolute Gasteiger partial charge is 0.320 e. The van der Waals surface area contributed by atoms with Crippen molar-refractivity contribution in [2.24, 2.45) is 13.0 Å². The molecule has 5 rings (SSSR count). The molecule has 0 bridgehead atoms. The van der Waals surface area contributed by atoms with Crippen LogP contribution in [0.15, 0.2) is 48.8 Å². The predicted molar refractivity (Wildman–Crippen MR) is 127 cm³/mol. The molecule has 0 saturated heterocycles. The summed E-state index contributed by atoms with van der Waals surface area (Å²) in [7, 11) is 2.01. The second kappa shape index (κ2) is 10.8. The Hall–Kier alpha value is -3.49. The number of para-hydroxylation sites is 1. The molecular weight excluding hydrogens is 457 g/mol. The highest BCUT2D eigenvalue weighted by Gasteiger charge is 2.40. The van der Waals surface area contributed by atoms with Crippen molar-refractivity contribution < 1.29 is 22.8 Å². The molecule has 2 aliphatic rings. The summed E-state index contributed by atoms with van der Waals surface area (Å²) in [4.78, 5) is 24.5. The average Bonchev–Trinajstić information content (AvgIpc) is 3.41. The summed E-state index contributed by atoms with van der Waals surface area (Å²) < 4.78 is 41.5. The van der Waals surface area contributed by atoms with E-state index in [0.29, 0.717) is 17.9 Å². The van der Waals surface area contributed by atoms with Gasteiger partial charge in [-0.05, 0) is 48.6 Å². The number of carbonyl (C=O) groups excluding carboxylic acids is 2. The van der Waals surface area contributed by atoms with Crippen molar-refractivity contribution in [3.05, 3.63) is 76.9 Å². The number of anilines is 1. The van der Waals surface area contributed by atoms with E-state index >= 15 is 0 Å². The van der Waals surface area contributed by atoms with Crippen LogP contribution < -0.4 is 4.90 Å². The number of hydrogen-bond donors (Lipinski definition) is 0. The third-order valence-electron chi connectivity index (χ3n) is 6.06. The minimum Gasteiger partial charge on any atom is -0.320 e. The number of hydrogen-bond acceptors (Lipinski definition) is 4. The third-order valence-corrected chi connectivity index (χ3v) is 6.06. The largest absolute Gasteiger partial charge is 0.416 e. The van der Waals surface area contributed by atoms with E-state index in [4.69, 9.17) is 0 Å². The van der Waals surface area contributed by atoms with Gasteiger partial charge in [0, 0.05) is 29.8 Å². The van der Waals surface area contributed by atoms with Crippen molar-refractivity contribution in [3.63, 3.8) is 0 Å². The number of aromatic nitrogens is 3. The molecule has 2 heterocycles. The second-order valence-electron chi connectivity index (χ2n) is 8.51. The number of rotatable bonds is 3. The number of alkyl halides is 3. The van der Waals surface area contributed by atoms with E-state index in [1.807, 2.05) is 25.5 Å². The molecule has 0 unspecified atom stereocenters. The minimum absolute atomic E-state index is 0.0687. The van der Waals surface area contributed by atoms with Crippen molar-refractivity contribution in [1.29, 1.82) is 0 Å². The van der Waals surface area contributed by atoms with Crippen LogP contribution in [0.25, 0.3) is 0 Å². The van der Waals surface area contributed by atoms with Gasteiger partial charge in [0.1, 0.15) is 18.4 Å². The molecule has 186 valence electrons. The highest BCUT2D eigenvalue weighted by molar-refractivity contribution is 6.11. The monoisotopic (exact) mass is 486 g/mol. The molecule has 2 aromatic carbocycles. The van der Waals surface area contributed by atoms with Crippen molar-refractivity contribution in [2.75, 3.05) is 4.90 Å². The zero-order valence-electron chi connectivity index (χ0n) is 20.2. The SMILES string of the molecule is CC.CC1CC(c2nncn2C)C1.O=Cc1cc2c(c(C(F)(F)F)c1)CN(c1ccccc1)C2=O. The molecule has 6 nitrogen and oxygen atoms in total. The van der Waals surface area contributed by atoms with E-state index in [-0.39, 0.29) is 23.2 Å². The third kappa shape index (κ3) is 5.61. The maximum absolute atomic E-state index is 13.2. The van der Waals surface area contributed by atoms with E-state index in [0.717, 1.165) is 17.8 Å². The molecule has 3 aromatic rings. The van der Waals surface area contributed by atoms with Gasteiger partial charge < -0.3 is 9.47 Å². The zero-order chi connectivity index (χ0) is 25.8. The molecule has 1 fully saturated rings. The van der Waals surface area contributed by atoms with Crippen molar-refractivity contribution in [2.45, 2.75) is 52.3 Å². The molecule has 1 aliphatic carbocycles. The number of aldehydes is 1. The van der Waals surface area contributed by atoms with Crippen LogP contribution in [0.4, 0.5) is 18.9 Å². The molecule has 9 heteroatoms.